The minimum Gasteiger partial charge on any atom is -0.480 e. The normalized spacial score (nSPS) is 14.7. The molecule has 9 N–H and O–H groups in total. The molecule has 4 rings (SSSR count). The quantitative estimate of drug-likeness (QED) is 0.0487. The molecular weight excluding hydrogens is 772 g/mol. The van der Waals surface area contributed by atoms with E-state index < -0.39 is 17.5 Å². The first-order valence-electron chi connectivity index (χ1n) is 19.3. The molecule has 22 nitrogen and oxygen atoms in total. The summed E-state index contributed by atoms with van der Waals surface area (Å²) in [7, 11) is 0. The fraction of sp³-hybridized carbons (Fsp3) is 0.541. The maximum Gasteiger partial charge on any atom is 0.317 e. The van der Waals surface area contributed by atoms with Crippen LogP contribution in [0.25, 0.3) is 11.2 Å². The first kappa shape index (κ1) is 45.9. The summed E-state index contributed by atoms with van der Waals surface area (Å²) < 4.78 is 11.0. The van der Waals surface area contributed by atoms with Gasteiger partial charge in [-0.1, -0.05) is 0 Å². The fourth-order valence-electron chi connectivity index (χ4n) is 5.95. The van der Waals surface area contributed by atoms with Crippen molar-refractivity contribution in [1.82, 2.24) is 50.6 Å². The fourth-order valence-corrected chi connectivity index (χ4v) is 5.95. The number of carboxylic acids is 2. The van der Waals surface area contributed by atoms with Gasteiger partial charge in [-0.25, -0.2) is 9.97 Å². The Morgan fingerprint density at radius 2 is 1.37 bits per heavy atom. The van der Waals surface area contributed by atoms with E-state index in [0.29, 0.717) is 76.7 Å². The van der Waals surface area contributed by atoms with Gasteiger partial charge in [0.25, 0.3) is 11.5 Å². The van der Waals surface area contributed by atoms with Gasteiger partial charge >= 0.3 is 11.9 Å². The number of amides is 3. The van der Waals surface area contributed by atoms with Crippen molar-refractivity contribution in [2.24, 2.45) is 0 Å². The Labute approximate surface area is 340 Å². The van der Waals surface area contributed by atoms with Crippen LogP contribution in [0.3, 0.4) is 0 Å². The monoisotopic (exact) mass is 826 g/mol. The second-order valence-electron chi connectivity index (χ2n) is 13.9. The number of nitrogens with two attached hydrogens (primary N) is 1. The molecule has 1 aliphatic rings. The van der Waals surface area contributed by atoms with Gasteiger partial charge in [0.15, 0.2) is 11.2 Å². The van der Waals surface area contributed by atoms with Crippen molar-refractivity contribution in [1.29, 1.82) is 0 Å². The van der Waals surface area contributed by atoms with Gasteiger partial charge in [0, 0.05) is 76.1 Å². The highest BCUT2D eigenvalue weighted by molar-refractivity contribution is 5.94. The number of aliphatic carboxylic acids is 2. The molecule has 322 valence electrons. The van der Waals surface area contributed by atoms with Crippen LogP contribution in [-0.4, -0.2) is 179 Å². The minimum absolute atomic E-state index is 0.0361. The van der Waals surface area contributed by atoms with Crippen LogP contribution in [-0.2, 0) is 35.2 Å². The number of aromatic amines is 1. The van der Waals surface area contributed by atoms with E-state index in [1.807, 2.05) is 11.8 Å². The lowest BCUT2D eigenvalue weighted by Crippen LogP contribution is -2.43. The predicted octanol–water partition coefficient (Wildman–Crippen LogP) is -1.84. The van der Waals surface area contributed by atoms with Gasteiger partial charge in [0.05, 0.1) is 64.5 Å². The molecule has 1 saturated heterocycles. The number of carbonyl (C=O) groups is 5. The molecule has 1 fully saturated rings. The van der Waals surface area contributed by atoms with Crippen LogP contribution in [0.4, 0.5) is 11.6 Å². The van der Waals surface area contributed by atoms with Gasteiger partial charge in [-0.05, 0) is 37.6 Å². The van der Waals surface area contributed by atoms with Crippen LogP contribution in [0.2, 0.25) is 0 Å². The molecular formula is C37H54N12O10. The lowest BCUT2D eigenvalue weighted by molar-refractivity contribution is -0.140. The molecule has 1 aliphatic heterocycles. The van der Waals surface area contributed by atoms with Crippen LogP contribution >= 0.6 is 0 Å². The summed E-state index contributed by atoms with van der Waals surface area (Å²) in [5.41, 5.74) is 7.01. The summed E-state index contributed by atoms with van der Waals surface area (Å²) in [6.07, 6.45) is 2.16. The molecule has 0 bridgehead atoms. The van der Waals surface area contributed by atoms with Crippen LogP contribution in [0.5, 0.6) is 0 Å². The molecule has 3 heterocycles. The zero-order valence-corrected chi connectivity index (χ0v) is 33.1. The Balaban J connectivity index is 1.00. The largest absolute Gasteiger partial charge is 0.480 e. The third-order valence-electron chi connectivity index (χ3n) is 9.08. The second-order valence-corrected chi connectivity index (χ2v) is 13.9. The number of carboxylic acid groups (broad SMARTS) is 2. The lowest BCUT2D eigenvalue weighted by Gasteiger charge is -2.24. The number of hydrogen-bond acceptors (Lipinski definition) is 16. The number of rotatable bonds is 23. The van der Waals surface area contributed by atoms with Crippen molar-refractivity contribution in [3.05, 3.63) is 52.1 Å². The highest BCUT2D eigenvalue weighted by Gasteiger charge is 2.21. The third-order valence-corrected chi connectivity index (χ3v) is 9.08. The zero-order chi connectivity index (χ0) is 42.6. The molecule has 3 amide bonds. The van der Waals surface area contributed by atoms with E-state index in [2.05, 4.69) is 41.2 Å². The highest BCUT2D eigenvalue weighted by atomic mass is 16.5. The van der Waals surface area contributed by atoms with Crippen molar-refractivity contribution in [2.75, 3.05) is 109 Å². The average Bonchev–Trinajstić information content (AvgIpc) is 3.27. The molecule has 0 unspecified atom stereocenters. The van der Waals surface area contributed by atoms with Crippen LogP contribution in [0.15, 0.2) is 35.3 Å². The van der Waals surface area contributed by atoms with Gasteiger partial charge < -0.3 is 46.7 Å². The Bertz CT molecular complexity index is 1890. The zero-order valence-electron chi connectivity index (χ0n) is 33.1. The Hall–Kier alpha value is -5.81. The van der Waals surface area contributed by atoms with E-state index >= 15 is 0 Å². The Morgan fingerprint density at radius 3 is 1.95 bits per heavy atom. The summed E-state index contributed by atoms with van der Waals surface area (Å²) in [5, 5.41) is 30.1. The average molecular weight is 827 g/mol. The van der Waals surface area contributed by atoms with E-state index in [1.54, 1.807) is 34.1 Å². The first-order valence-corrected chi connectivity index (χ1v) is 19.3. The number of H-pyrrole nitrogens is 1. The van der Waals surface area contributed by atoms with Crippen molar-refractivity contribution >= 4 is 52.5 Å². The second kappa shape index (κ2) is 24.2. The van der Waals surface area contributed by atoms with E-state index in [-0.39, 0.29) is 93.2 Å². The number of nitrogens with zero attached hydrogens (tertiary/aromatic N) is 6. The molecule has 2 aromatic heterocycles. The maximum atomic E-state index is 12.8. The number of hydrogen-bond donors (Lipinski definition) is 8. The number of nitrogen functional groups attached to an aromatic ring is 1. The van der Waals surface area contributed by atoms with E-state index in [1.165, 1.54) is 6.20 Å². The molecule has 1 atom stereocenters. The molecule has 3 aromatic rings. The van der Waals surface area contributed by atoms with E-state index in [4.69, 9.17) is 15.2 Å². The number of ether oxygens (including phenoxy) is 2. The highest BCUT2D eigenvalue weighted by Crippen LogP contribution is 2.12. The summed E-state index contributed by atoms with van der Waals surface area (Å²) in [6, 6.07) is 6.59. The summed E-state index contributed by atoms with van der Waals surface area (Å²) in [5.74, 6) is -2.62. The van der Waals surface area contributed by atoms with Gasteiger partial charge in [0.1, 0.15) is 0 Å². The van der Waals surface area contributed by atoms with Crippen molar-refractivity contribution in [2.45, 2.75) is 32.4 Å². The van der Waals surface area contributed by atoms with Crippen LogP contribution in [0.1, 0.15) is 35.8 Å². The van der Waals surface area contributed by atoms with Gasteiger partial charge in [-0.15, -0.1) is 0 Å². The predicted molar refractivity (Wildman–Crippen MR) is 215 cm³/mol. The first-order chi connectivity index (χ1) is 28.3. The molecule has 0 aliphatic carbocycles. The third kappa shape index (κ3) is 17.3. The van der Waals surface area contributed by atoms with Gasteiger partial charge in [-0.2, -0.15) is 4.98 Å². The van der Waals surface area contributed by atoms with Gasteiger partial charge in [-0.3, -0.25) is 48.5 Å². The van der Waals surface area contributed by atoms with Crippen LogP contribution in [0, 0.1) is 0 Å². The number of fused-ring (bicyclic) bond motifs is 1. The number of nitrogens with one attached hydrogen (secondary N) is 5. The Kier molecular flexibility index (Phi) is 18.8. The topological polar surface area (TPSA) is 300 Å². The molecule has 22 heteroatoms. The Morgan fingerprint density at radius 1 is 0.814 bits per heavy atom. The maximum absolute atomic E-state index is 12.8. The molecule has 59 heavy (non-hydrogen) atoms. The summed E-state index contributed by atoms with van der Waals surface area (Å²) in [4.78, 5) is 92.3. The molecule has 0 saturated carbocycles. The van der Waals surface area contributed by atoms with E-state index in [0.717, 1.165) is 5.69 Å². The van der Waals surface area contributed by atoms with Crippen molar-refractivity contribution in [3.63, 3.8) is 0 Å². The minimum atomic E-state index is -0.965. The summed E-state index contributed by atoms with van der Waals surface area (Å²) >= 11 is 0. The standard InChI is InChI=1S/C37H54N12O10/c1-25(43-35(56)26-3-5-27(6-4-26)41-20-28-21-42-34-33(44-28)36(57)46-37(38)45-34)2-7-29(50)39-8-16-58-18-19-59-17-9-40-30(51)22-47-10-12-48(23-31(52)53)14-15-49(13-11-47)24-32(54)55/h3-6,21,25,41H,2,7-20,22-24H2,1H3,(H,39,50)(H,40,51)(H,43,56)(H,52,53)(H,54,55)(H3,38,42,45,46,57)/t25-/m1/s1. The molecule has 0 spiro atoms. The summed E-state index contributed by atoms with van der Waals surface area (Å²) in [6.45, 7) is 6.30. The smallest absolute Gasteiger partial charge is 0.317 e. The SMILES string of the molecule is C[C@H](CCC(=O)NCCOCCOCCNC(=O)CN1CCN(CC(=O)O)CCN(CC(=O)O)CC1)NC(=O)c1ccc(NCc2cnc3nc(N)[nH]c(=O)c3n2)cc1. The number of aromatic nitrogens is 4. The lowest BCUT2D eigenvalue weighted by atomic mass is 10.1. The molecule has 1 aromatic carbocycles. The van der Waals surface area contributed by atoms with Crippen molar-refractivity contribution in [3.8, 4) is 0 Å². The number of benzene rings is 1. The molecule has 0 radical (unpaired) electrons. The van der Waals surface area contributed by atoms with Crippen LogP contribution < -0.4 is 32.6 Å². The number of anilines is 2. The van der Waals surface area contributed by atoms with E-state index in [9.17, 15) is 39.0 Å². The van der Waals surface area contributed by atoms with Crippen molar-refractivity contribution < 1.29 is 43.7 Å². The van der Waals surface area contributed by atoms with Gasteiger partial charge in [0.2, 0.25) is 17.8 Å². The number of carbonyl (C=O) groups excluding carboxylic acids is 3.